The first-order valence-electron chi connectivity index (χ1n) is 5.50. The van der Waals surface area contributed by atoms with Crippen LogP contribution in [0.1, 0.15) is 18.9 Å². The van der Waals surface area contributed by atoms with Crippen LogP contribution in [0.5, 0.6) is 0 Å². The molecule has 2 rings (SSSR count). The second kappa shape index (κ2) is 5.22. The van der Waals surface area contributed by atoms with Gasteiger partial charge in [0.1, 0.15) is 5.76 Å². The molecule has 0 amide bonds. The lowest BCUT2D eigenvalue weighted by Crippen LogP contribution is -2.12. The van der Waals surface area contributed by atoms with Crippen molar-refractivity contribution < 1.29 is 4.74 Å². The van der Waals surface area contributed by atoms with Crippen LogP contribution in [0.3, 0.4) is 0 Å². The summed E-state index contributed by atoms with van der Waals surface area (Å²) < 4.78 is 5.42. The SMILES string of the molecule is CC1=C(CC#N)N(C=Cc2ccccc2)CO1. The summed E-state index contributed by atoms with van der Waals surface area (Å²) in [4.78, 5) is 1.96. The van der Waals surface area contributed by atoms with Crippen molar-refractivity contribution in [1.82, 2.24) is 4.90 Å². The van der Waals surface area contributed by atoms with Crippen molar-refractivity contribution >= 4 is 6.08 Å². The standard InChI is InChI=1S/C14H14N2O/c1-12-14(7-9-15)16(11-17-12)10-8-13-5-3-2-4-6-13/h2-6,8,10H,7,11H2,1H3. The Bertz CT molecular complexity index is 483. The number of allylic oxidation sites excluding steroid dienone is 2. The first kappa shape index (κ1) is 11.3. The largest absolute Gasteiger partial charge is 0.476 e. The molecule has 0 aromatic heterocycles. The van der Waals surface area contributed by atoms with Crippen molar-refractivity contribution in [1.29, 1.82) is 5.26 Å². The molecule has 1 aromatic rings. The fourth-order valence-electron chi connectivity index (χ4n) is 1.70. The summed E-state index contributed by atoms with van der Waals surface area (Å²) in [5, 5.41) is 8.76. The van der Waals surface area contributed by atoms with Gasteiger partial charge in [-0.1, -0.05) is 30.3 Å². The van der Waals surface area contributed by atoms with E-state index >= 15 is 0 Å². The maximum absolute atomic E-state index is 8.76. The van der Waals surface area contributed by atoms with Gasteiger partial charge in [-0.25, -0.2) is 0 Å². The molecular formula is C14H14N2O. The minimum atomic E-state index is 0.380. The van der Waals surface area contributed by atoms with Crippen molar-refractivity contribution in [2.45, 2.75) is 13.3 Å². The highest BCUT2D eigenvalue weighted by Crippen LogP contribution is 2.23. The molecular weight excluding hydrogens is 212 g/mol. The molecule has 17 heavy (non-hydrogen) atoms. The highest BCUT2D eigenvalue weighted by Gasteiger charge is 2.18. The zero-order valence-corrected chi connectivity index (χ0v) is 9.76. The zero-order valence-electron chi connectivity index (χ0n) is 9.76. The molecule has 3 nitrogen and oxygen atoms in total. The number of rotatable bonds is 3. The van der Waals surface area contributed by atoms with Gasteiger partial charge in [-0.15, -0.1) is 0 Å². The summed E-state index contributed by atoms with van der Waals surface area (Å²) in [6, 6.07) is 12.2. The first-order valence-corrected chi connectivity index (χ1v) is 5.50. The van der Waals surface area contributed by atoms with E-state index in [9.17, 15) is 0 Å². The normalized spacial score (nSPS) is 15.2. The lowest BCUT2D eigenvalue weighted by Gasteiger charge is -2.12. The second-order valence-electron chi connectivity index (χ2n) is 3.81. The van der Waals surface area contributed by atoms with E-state index in [4.69, 9.17) is 10.00 Å². The molecule has 3 heteroatoms. The van der Waals surface area contributed by atoms with Gasteiger partial charge in [-0.2, -0.15) is 5.26 Å². The van der Waals surface area contributed by atoms with Gasteiger partial charge in [0.2, 0.25) is 0 Å². The maximum Gasteiger partial charge on any atom is 0.164 e. The van der Waals surface area contributed by atoms with Crippen LogP contribution in [-0.4, -0.2) is 11.6 Å². The number of hydrogen-bond donors (Lipinski definition) is 0. The van der Waals surface area contributed by atoms with Gasteiger partial charge in [0.15, 0.2) is 6.73 Å². The predicted octanol–water partition coefficient (Wildman–Crippen LogP) is 3.09. The fourth-order valence-corrected chi connectivity index (χ4v) is 1.70. The third-order valence-corrected chi connectivity index (χ3v) is 2.67. The second-order valence-corrected chi connectivity index (χ2v) is 3.81. The highest BCUT2D eigenvalue weighted by atomic mass is 16.5. The van der Waals surface area contributed by atoms with Crippen LogP contribution >= 0.6 is 0 Å². The average Bonchev–Trinajstić information content (AvgIpc) is 2.70. The molecule has 0 bridgehead atoms. The van der Waals surface area contributed by atoms with E-state index in [1.165, 1.54) is 0 Å². The van der Waals surface area contributed by atoms with E-state index in [-0.39, 0.29) is 0 Å². The topological polar surface area (TPSA) is 36.3 Å². The van der Waals surface area contributed by atoms with Gasteiger partial charge in [0.05, 0.1) is 18.2 Å². The Hall–Kier alpha value is -2.21. The summed E-state index contributed by atoms with van der Waals surface area (Å²) in [6.45, 7) is 2.38. The number of benzene rings is 1. The molecule has 1 heterocycles. The van der Waals surface area contributed by atoms with E-state index in [0.717, 1.165) is 17.0 Å². The summed E-state index contributed by atoms with van der Waals surface area (Å²) in [7, 11) is 0. The average molecular weight is 226 g/mol. The monoisotopic (exact) mass is 226 g/mol. The van der Waals surface area contributed by atoms with Crippen LogP contribution < -0.4 is 0 Å². The minimum absolute atomic E-state index is 0.380. The van der Waals surface area contributed by atoms with Crippen molar-refractivity contribution in [3.8, 4) is 6.07 Å². The lowest BCUT2D eigenvalue weighted by molar-refractivity contribution is 0.180. The molecule has 0 spiro atoms. The Morgan fingerprint density at radius 2 is 2.18 bits per heavy atom. The Balaban J connectivity index is 2.10. The summed E-state index contributed by atoms with van der Waals surface area (Å²) >= 11 is 0. The molecule has 0 atom stereocenters. The summed E-state index contributed by atoms with van der Waals surface area (Å²) in [6.07, 6.45) is 4.35. The number of nitriles is 1. The van der Waals surface area contributed by atoms with Gasteiger partial charge in [0, 0.05) is 6.20 Å². The van der Waals surface area contributed by atoms with Crippen molar-refractivity contribution in [3.05, 3.63) is 53.6 Å². The maximum atomic E-state index is 8.76. The third-order valence-electron chi connectivity index (χ3n) is 2.67. The van der Waals surface area contributed by atoms with Gasteiger partial charge in [0.25, 0.3) is 0 Å². The predicted molar refractivity (Wildman–Crippen MR) is 66.2 cm³/mol. The van der Waals surface area contributed by atoms with E-state index in [0.29, 0.717) is 13.2 Å². The van der Waals surface area contributed by atoms with E-state index < -0.39 is 0 Å². The molecule has 0 fully saturated rings. The van der Waals surface area contributed by atoms with E-state index in [1.54, 1.807) is 0 Å². The van der Waals surface area contributed by atoms with Crippen LogP contribution in [0.4, 0.5) is 0 Å². The molecule has 0 aliphatic carbocycles. The molecule has 0 unspecified atom stereocenters. The van der Waals surface area contributed by atoms with Gasteiger partial charge < -0.3 is 9.64 Å². The molecule has 0 saturated heterocycles. The lowest BCUT2D eigenvalue weighted by atomic mass is 10.2. The zero-order chi connectivity index (χ0) is 12.1. The number of nitrogens with zero attached hydrogens (tertiary/aromatic N) is 2. The van der Waals surface area contributed by atoms with E-state index in [2.05, 4.69) is 6.07 Å². The van der Waals surface area contributed by atoms with Gasteiger partial charge in [-0.05, 0) is 18.6 Å². The molecule has 1 aliphatic rings. The molecule has 1 aliphatic heterocycles. The van der Waals surface area contributed by atoms with E-state index in [1.807, 2.05) is 54.4 Å². The Morgan fingerprint density at radius 3 is 2.88 bits per heavy atom. The van der Waals surface area contributed by atoms with Crippen LogP contribution in [0.15, 0.2) is 48.0 Å². The number of ether oxygens (including phenoxy) is 1. The highest BCUT2D eigenvalue weighted by molar-refractivity contribution is 5.48. The van der Waals surface area contributed by atoms with Crippen LogP contribution in [0.2, 0.25) is 0 Å². The smallest absolute Gasteiger partial charge is 0.164 e. The molecule has 0 saturated carbocycles. The van der Waals surface area contributed by atoms with Gasteiger partial charge >= 0.3 is 0 Å². The molecule has 1 aromatic carbocycles. The van der Waals surface area contributed by atoms with Gasteiger partial charge in [-0.3, -0.25) is 0 Å². The Morgan fingerprint density at radius 1 is 1.41 bits per heavy atom. The fraction of sp³-hybridized carbons (Fsp3) is 0.214. The first-order chi connectivity index (χ1) is 8.31. The summed E-state index contributed by atoms with van der Waals surface area (Å²) in [5.41, 5.74) is 2.08. The van der Waals surface area contributed by atoms with Crippen molar-refractivity contribution in [2.75, 3.05) is 6.73 Å². The quantitative estimate of drug-likeness (QED) is 0.794. The van der Waals surface area contributed by atoms with Crippen molar-refractivity contribution in [2.24, 2.45) is 0 Å². The van der Waals surface area contributed by atoms with Crippen LogP contribution in [-0.2, 0) is 4.74 Å². The minimum Gasteiger partial charge on any atom is -0.476 e. The Kier molecular flexibility index (Phi) is 3.46. The molecule has 0 radical (unpaired) electrons. The number of hydrogen-bond acceptors (Lipinski definition) is 3. The summed E-state index contributed by atoms with van der Waals surface area (Å²) in [5.74, 6) is 0.837. The molecule has 86 valence electrons. The molecule has 0 N–H and O–H groups in total. The third kappa shape index (κ3) is 2.67. The Labute approximate surface area is 101 Å². The van der Waals surface area contributed by atoms with Crippen LogP contribution in [0.25, 0.3) is 6.08 Å². The van der Waals surface area contributed by atoms with Crippen molar-refractivity contribution in [3.63, 3.8) is 0 Å². The van der Waals surface area contributed by atoms with Crippen LogP contribution in [0, 0.1) is 11.3 Å².